The second kappa shape index (κ2) is 7.90. The Kier molecular flexibility index (Phi) is 5.18. The monoisotopic (exact) mass is 361 g/mol. The van der Waals surface area contributed by atoms with Crippen molar-refractivity contribution in [2.24, 2.45) is 0 Å². The number of nitrogens with zero attached hydrogens (tertiary/aromatic N) is 5. The molecule has 0 aliphatic carbocycles. The molecule has 0 radical (unpaired) electrons. The fourth-order valence-corrected chi connectivity index (χ4v) is 3.38. The van der Waals surface area contributed by atoms with E-state index in [4.69, 9.17) is 0 Å². The average Bonchev–Trinajstić information content (AvgIpc) is 2.70. The number of ketones is 1. The molecular formula is C21H23N5O. The summed E-state index contributed by atoms with van der Waals surface area (Å²) in [5, 5.41) is 0.994. The van der Waals surface area contributed by atoms with Gasteiger partial charge in [0.2, 0.25) is 0 Å². The fourth-order valence-electron chi connectivity index (χ4n) is 3.38. The second-order valence-corrected chi connectivity index (χ2v) is 7.13. The van der Waals surface area contributed by atoms with Crippen LogP contribution in [-0.2, 0) is 11.2 Å². The zero-order valence-corrected chi connectivity index (χ0v) is 15.5. The van der Waals surface area contributed by atoms with Gasteiger partial charge in [-0.1, -0.05) is 6.07 Å². The summed E-state index contributed by atoms with van der Waals surface area (Å²) in [6, 6.07) is 7.98. The van der Waals surface area contributed by atoms with Gasteiger partial charge >= 0.3 is 0 Å². The molecule has 0 spiro atoms. The van der Waals surface area contributed by atoms with E-state index in [1.54, 1.807) is 12.4 Å². The molecule has 0 amide bonds. The summed E-state index contributed by atoms with van der Waals surface area (Å²) in [5.74, 6) is 0.211. The van der Waals surface area contributed by atoms with Crippen LogP contribution in [0.1, 0.15) is 5.69 Å². The van der Waals surface area contributed by atoms with Crippen molar-refractivity contribution in [2.75, 3.05) is 39.8 Å². The molecule has 6 nitrogen and oxygen atoms in total. The SMILES string of the molecule is CN1CCN(CC(=O)Cc2cc3cc(-c4cccnc4)cnc3cn2)CC1. The summed E-state index contributed by atoms with van der Waals surface area (Å²) >= 11 is 0. The Morgan fingerprint density at radius 1 is 1.04 bits per heavy atom. The summed E-state index contributed by atoms with van der Waals surface area (Å²) < 4.78 is 0. The number of aromatic nitrogens is 3. The number of likely N-dealkylation sites (N-methyl/N-ethyl adjacent to an activating group) is 1. The van der Waals surface area contributed by atoms with Gasteiger partial charge < -0.3 is 4.90 Å². The van der Waals surface area contributed by atoms with E-state index in [2.05, 4.69) is 37.9 Å². The van der Waals surface area contributed by atoms with Gasteiger partial charge in [-0.05, 0) is 25.2 Å². The van der Waals surface area contributed by atoms with Crippen molar-refractivity contribution in [2.45, 2.75) is 6.42 Å². The lowest BCUT2D eigenvalue weighted by atomic mass is 10.1. The number of hydrogen-bond acceptors (Lipinski definition) is 6. The zero-order chi connectivity index (χ0) is 18.6. The molecule has 1 aliphatic heterocycles. The van der Waals surface area contributed by atoms with Crippen molar-refractivity contribution in [3.8, 4) is 11.1 Å². The molecule has 138 valence electrons. The normalized spacial score (nSPS) is 15.9. The van der Waals surface area contributed by atoms with Gasteiger partial charge in [-0.3, -0.25) is 24.6 Å². The highest BCUT2D eigenvalue weighted by Crippen LogP contribution is 2.22. The average molecular weight is 361 g/mol. The molecule has 4 heterocycles. The van der Waals surface area contributed by atoms with Crippen LogP contribution >= 0.6 is 0 Å². The number of carbonyl (C=O) groups excluding carboxylic acids is 1. The summed E-state index contributed by atoms with van der Waals surface area (Å²) in [5.41, 5.74) is 3.66. The first-order valence-corrected chi connectivity index (χ1v) is 9.25. The van der Waals surface area contributed by atoms with E-state index in [1.165, 1.54) is 0 Å². The topological polar surface area (TPSA) is 62.2 Å². The van der Waals surface area contributed by atoms with Crippen molar-refractivity contribution in [3.63, 3.8) is 0 Å². The highest BCUT2D eigenvalue weighted by Gasteiger charge is 2.17. The van der Waals surface area contributed by atoms with Crippen LogP contribution in [0, 0.1) is 0 Å². The van der Waals surface area contributed by atoms with Crippen molar-refractivity contribution >= 4 is 16.7 Å². The van der Waals surface area contributed by atoms with Crippen LogP contribution in [0.3, 0.4) is 0 Å². The Labute approximate surface area is 158 Å². The molecule has 0 atom stereocenters. The van der Waals surface area contributed by atoms with E-state index in [9.17, 15) is 4.79 Å². The predicted molar refractivity (Wildman–Crippen MR) is 105 cm³/mol. The fraction of sp³-hybridized carbons (Fsp3) is 0.333. The molecular weight excluding hydrogens is 338 g/mol. The molecule has 1 aliphatic rings. The van der Waals surface area contributed by atoms with Crippen LogP contribution in [0.2, 0.25) is 0 Å². The van der Waals surface area contributed by atoms with Crippen molar-refractivity contribution in [3.05, 3.63) is 54.7 Å². The number of pyridine rings is 3. The Balaban J connectivity index is 1.48. The van der Waals surface area contributed by atoms with Gasteiger partial charge in [-0.2, -0.15) is 0 Å². The molecule has 1 saturated heterocycles. The number of piperazine rings is 1. The Morgan fingerprint density at radius 2 is 1.89 bits per heavy atom. The molecule has 0 saturated carbocycles. The lowest BCUT2D eigenvalue weighted by molar-refractivity contribution is -0.120. The Bertz CT molecular complexity index is 936. The molecule has 3 aromatic heterocycles. The maximum absolute atomic E-state index is 12.5. The van der Waals surface area contributed by atoms with Crippen molar-refractivity contribution < 1.29 is 4.79 Å². The molecule has 3 aromatic rings. The van der Waals surface area contributed by atoms with E-state index in [0.29, 0.717) is 13.0 Å². The van der Waals surface area contributed by atoms with Crippen LogP contribution in [0.5, 0.6) is 0 Å². The minimum absolute atomic E-state index is 0.211. The predicted octanol–water partition coefficient (Wildman–Crippen LogP) is 2.05. The van der Waals surface area contributed by atoms with E-state index < -0.39 is 0 Å². The summed E-state index contributed by atoms with van der Waals surface area (Å²) in [4.78, 5) is 30.1. The number of rotatable bonds is 5. The number of fused-ring (bicyclic) bond motifs is 1. The Hall–Kier alpha value is -2.70. The third kappa shape index (κ3) is 4.35. The first-order valence-electron chi connectivity index (χ1n) is 9.25. The number of Topliss-reactive ketones (excluding diaryl/α,β-unsaturated/α-hetero) is 1. The third-order valence-corrected chi connectivity index (χ3v) is 4.99. The lowest BCUT2D eigenvalue weighted by Crippen LogP contribution is -2.46. The van der Waals surface area contributed by atoms with E-state index in [1.807, 2.05) is 30.6 Å². The van der Waals surface area contributed by atoms with Crippen molar-refractivity contribution in [1.29, 1.82) is 0 Å². The first-order chi connectivity index (χ1) is 13.2. The molecule has 27 heavy (non-hydrogen) atoms. The van der Waals surface area contributed by atoms with Gasteiger partial charge in [0.25, 0.3) is 0 Å². The van der Waals surface area contributed by atoms with Gasteiger partial charge in [0.1, 0.15) is 0 Å². The third-order valence-electron chi connectivity index (χ3n) is 4.99. The minimum atomic E-state index is 0.211. The first kappa shape index (κ1) is 17.7. The van der Waals surface area contributed by atoms with Gasteiger partial charge in [0.15, 0.2) is 5.78 Å². The van der Waals surface area contributed by atoms with E-state index in [0.717, 1.165) is 53.9 Å². The maximum Gasteiger partial charge on any atom is 0.152 e. The summed E-state index contributed by atoms with van der Waals surface area (Å²) in [6.45, 7) is 4.44. The summed E-state index contributed by atoms with van der Waals surface area (Å²) in [7, 11) is 2.12. The van der Waals surface area contributed by atoms with Crippen LogP contribution < -0.4 is 0 Å². The van der Waals surface area contributed by atoms with E-state index in [-0.39, 0.29) is 5.78 Å². The molecule has 0 bridgehead atoms. The highest BCUT2D eigenvalue weighted by molar-refractivity contribution is 5.86. The van der Waals surface area contributed by atoms with Crippen LogP contribution in [0.15, 0.2) is 49.1 Å². The standard InChI is InChI=1S/C21H23N5O/c1-25-5-7-26(8-6-25)15-20(27)11-19-10-17-9-18(13-24-21(17)14-23-19)16-3-2-4-22-12-16/h2-4,9-10,12-14H,5-8,11,15H2,1H3. The Morgan fingerprint density at radius 3 is 2.67 bits per heavy atom. The quantitative estimate of drug-likeness (QED) is 0.693. The van der Waals surface area contributed by atoms with Gasteiger partial charge in [-0.25, -0.2) is 0 Å². The smallest absolute Gasteiger partial charge is 0.152 e. The van der Waals surface area contributed by atoms with Gasteiger partial charge in [0, 0.05) is 67.0 Å². The summed E-state index contributed by atoms with van der Waals surface area (Å²) in [6.07, 6.45) is 7.52. The number of carbonyl (C=O) groups is 1. The molecule has 0 aromatic carbocycles. The molecule has 4 rings (SSSR count). The minimum Gasteiger partial charge on any atom is -0.304 e. The maximum atomic E-state index is 12.5. The van der Waals surface area contributed by atoms with Crippen LogP contribution in [-0.4, -0.2) is 70.3 Å². The largest absolute Gasteiger partial charge is 0.304 e. The molecule has 1 fully saturated rings. The van der Waals surface area contributed by atoms with E-state index >= 15 is 0 Å². The molecule has 0 unspecified atom stereocenters. The van der Waals surface area contributed by atoms with Crippen LogP contribution in [0.4, 0.5) is 0 Å². The highest BCUT2D eigenvalue weighted by atomic mass is 16.1. The molecule has 0 N–H and O–H groups in total. The zero-order valence-electron chi connectivity index (χ0n) is 15.5. The van der Waals surface area contributed by atoms with Gasteiger partial charge in [0.05, 0.1) is 24.7 Å². The van der Waals surface area contributed by atoms with Gasteiger partial charge in [-0.15, -0.1) is 0 Å². The second-order valence-electron chi connectivity index (χ2n) is 7.13. The lowest BCUT2D eigenvalue weighted by Gasteiger charge is -2.31. The van der Waals surface area contributed by atoms with Crippen LogP contribution in [0.25, 0.3) is 22.0 Å². The number of hydrogen-bond donors (Lipinski definition) is 0. The molecule has 6 heteroatoms. The van der Waals surface area contributed by atoms with Crippen molar-refractivity contribution in [1.82, 2.24) is 24.8 Å².